The van der Waals surface area contributed by atoms with Gasteiger partial charge in [0.15, 0.2) is 0 Å². The highest BCUT2D eigenvalue weighted by atomic mass is 16.6. The average Bonchev–Trinajstić information content (AvgIpc) is 2.47. The van der Waals surface area contributed by atoms with E-state index in [9.17, 15) is 10.1 Å². The van der Waals surface area contributed by atoms with Crippen LogP contribution in [0.1, 0.15) is 11.3 Å². The summed E-state index contributed by atoms with van der Waals surface area (Å²) in [6.45, 7) is 1.37. The number of hydrogen-bond acceptors (Lipinski definition) is 5. The van der Waals surface area contributed by atoms with Crippen molar-refractivity contribution in [1.82, 2.24) is 9.88 Å². The molecular weight excluding hydrogens is 270 g/mol. The highest BCUT2D eigenvalue weighted by molar-refractivity contribution is 5.32. The van der Waals surface area contributed by atoms with Crippen LogP contribution in [0.25, 0.3) is 0 Å². The smallest absolute Gasteiger partial charge is 0.269 e. The Morgan fingerprint density at radius 1 is 1.19 bits per heavy atom. The molecule has 0 saturated heterocycles. The van der Waals surface area contributed by atoms with Gasteiger partial charge in [0.25, 0.3) is 5.69 Å². The topological polar surface area (TPSA) is 68.5 Å². The fourth-order valence-corrected chi connectivity index (χ4v) is 2.03. The molecule has 0 atom stereocenters. The zero-order valence-electron chi connectivity index (χ0n) is 12.0. The van der Waals surface area contributed by atoms with Gasteiger partial charge < -0.3 is 4.74 Å². The van der Waals surface area contributed by atoms with E-state index >= 15 is 0 Å². The fraction of sp³-hybridized carbons (Fsp3) is 0.267. The van der Waals surface area contributed by atoms with Crippen LogP contribution in [0.2, 0.25) is 0 Å². The first kappa shape index (κ1) is 14.9. The van der Waals surface area contributed by atoms with Crippen LogP contribution in [0.15, 0.2) is 42.5 Å². The Hall–Kier alpha value is -2.47. The Morgan fingerprint density at radius 3 is 2.52 bits per heavy atom. The molecule has 0 N–H and O–H groups in total. The Balaban J connectivity index is 1.97. The monoisotopic (exact) mass is 287 g/mol. The zero-order valence-corrected chi connectivity index (χ0v) is 12.0. The molecule has 21 heavy (non-hydrogen) atoms. The van der Waals surface area contributed by atoms with Gasteiger partial charge in [-0.2, -0.15) is 0 Å². The summed E-state index contributed by atoms with van der Waals surface area (Å²) < 4.78 is 5.10. The number of benzene rings is 1. The van der Waals surface area contributed by atoms with E-state index in [0.717, 1.165) is 11.3 Å². The number of rotatable bonds is 6. The maximum Gasteiger partial charge on any atom is 0.269 e. The second-order valence-corrected chi connectivity index (χ2v) is 4.77. The van der Waals surface area contributed by atoms with Gasteiger partial charge in [-0.1, -0.05) is 18.2 Å². The first-order valence-electron chi connectivity index (χ1n) is 6.50. The normalized spacial score (nSPS) is 10.6. The third-order valence-corrected chi connectivity index (χ3v) is 3.02. The largest absolute Gasteiger partial charge is 0.481 e. The minimum Gasteiger partial charge on any atom is -0.481 e. The predicted molar refractivity (Wildman–Crippen MR) is 79.1 cm³/mol. The van der Waals surface area contributed by atoms with Crippen LogP contribution in [-0.4, -0.2) is 29.0 Å². The molecule has 0 aliphatic carbocycles. The standard InChI is InChI=1S/C15H17N3O3/c1-17(11-13-4-3-5-15(16-13)21-2)10-12-6-8-14(9-7-12)18(19)20/h3-9H,10-11H2,1-2H3. The first-order valence-corrected chi connectivity index (χ1v) is 6.50. The Kier molecular flexibility index (Phi) is 4.84. The Morgan fingerprint density at radius 2 is 1.90 bits per heavy atom. The van der Waals surface area contributed by atoms with E-state index in [0.29, 0.717) is 19.0 Å². The molecule has 6 nitrogen and oxygen atoms in total. The van der Waals surface area contributed by atoms with Crippen LogP contribution in [0, 0.1) is 10.1 Å². The highest BCUT2D eigenvalue weighted by Gasteiger charge is 2.07. The van der Waals surface area contributed by atoms with Gasteiger partial charge in [-0.3, -0.25) is 15.0 Å². The quantitative estimate of drug-likeness (QED) is 0.603. The second-order valence-electron chi connectivity index (χ2n) is 4.77. The van der Waals surface area contributed by atoms with Gasteiger partial charge in [-0.25, -0.2) is 4.98 Å². The van der Waals surface area contributed by atoms with E-state index < -0.39 is 4.92 Å². The third kappa shape index (κ3) is 4.25. The number of nitro benzene ring substituents is 1. The fourth-order valence-electron chi connectivity index (χ4n) is 2.03. The summed E-state index contributed by atoms with van der Waals surface area (Å²) in [4.78, 5) is 16.7. The molecule has 0 unspecified atom stereocenters. The van der Waals surface area contributed by atoms with Crippen LogP contribution >= 0.6 is 0 Å². The summed E-state index contributed by atoms with van der Waals surface area (Å²) in [6, 6.07) is 12.2. The number of pyridine rings is 1. The molecule has 0 aliphatic heterocycles. The number of methoxy groups -OCH3 is 1. The minimum absolute atomic E-state index is 0.107. The number of hydrogen-bond donors (Lipinski definition) is 0. The minimum atomic E-state index is -0.395. The second kappa shape index (κ2) is 6.81. The maximum atomic E-state index is 10.6. The summed E-state index contributed by atoms with van der Waals surface area (Å²) in [5.41, 5.74) is 2.04. The molecule has 0 aliphatic rings. The molecule has 0 amide bonds. The first-order chi connectivity index (χ1) is 10.1. The SMILES string of the molecule is COc1cccc(CN(C)Cc2ccc([N+](=O)[O-])cc2)n1. The number of ether oxygens (including phenoxy) is 1. The van der Waals surface area contributed by atoms with Crippen LogP contribution in [0.4, 0.5) is 5.69 Å². The maximum absolute atomic E-state index is 10.6. The van der Waals surface area contributed by atoms with Crippen LogP contribution < -0.4 is 4.74 Å². The van der Waals surface area contributed by atoms with Gasteiger partial charge in [-0.05, 0) is 18.7 Å². The van der Waals surface area contributed by atoms with E-state index in [4.69, 9.17) is 4.74 Å². The lowest BCUT2D eigenvalue weighted by molar-refractivity contribution is -0.384. The molecule has 1 heterocycles. The molecule has 6 heteroatoms. The van der Waals surface area contributed by atoms with E-state index in [-0.39, 0.29) is 5.69 Å². The molecule has 110 valence electrons. The van der Waals surface area contributed by atoms with Crippen molar-refractivity contribution in [3.63, 3.8) is 0 Å². The van der Waals surface area contributed by atoms with Crippen molar-refractivity contribution in [3.8, 4) is 5.88 Å². The highest BCUT2D eigenvalue weighted by Crippen LogP contribution is 2.14. The number of non-ortho nitro benzene ring substituents is 1. The zero-order chi connectivity index (χ0) is 15.2. The third-order valence-electron chi connectivity index (χ3n) is 3.02. The van der Waals surface area contributed by atoms with Gasteiger partial charge in [0, 0.05) is 31.3 Å². The molecule has 1 aromatic heterocycles. The number of nitro groups is 1. The van der Waals surface area contributed by atoms with Gasteiger partial charge in [0.2, 0.25) is 5.88 Å². The summed E-state index contributed by atoms with van der Waals surface area (Å²) in [5.74, 6) is 0.594. The van der Waals surface area contributed by atoms with Crippen LogP contribution in [0.3, 0.4) is 0 Å². The van der Waals surface area contributed by atoms with E-state index in [1.165, 1.54) is 12.1 Å². The Labute approximate surface area is 123 Å². The number of aromatic nitrogens is 1. The molecule has 2 rings (SSSR count). The van der Waals surface area contributed by atoms with Crippen molar-refractivity contribution >= 4 is 5.69 Å². The predicted octanol–water partition coefficient (Wildman–Crippen LogP) is 2.63. The summed E-state index contributed by atoms with van der Waals surface area (Å²) >= 11 is 0. The summed E-state index contributed by atoms with van der Waals surface area (Å²) in [6.07, 6.45) is 0. The van der Waals surface area contributed by atoms with Crippen LogP contribution in [-0.2, 0) is 13.1 Å². The van der Waals surface area contributed by atoms with Crippen molar-refractivity contribution in [2.24, 2.45) is 0 Å². The molecular formula is C15H17N3O3. The van der Waals surface area contributed by atoms with E-state index in [1.54, 1.807) is 25.3 Å². The van der Waals surface area contributed by atoms with Crippen molar-refractivity contribution in [2.75, 3.05) is 14.2 Å². The lowest BCUT2D eigenvalue weighted by Gasteiger charge is -2.16. The van der Waals surface area contributed by atoms with Gasteiger partial charge >= 0.3 is 0 Å². The van der Waals surface area contributed by atoms with E-state index in [2.05, 4.69) is 9.88 Å². The van der Waals surface area contributed by atoms with E-state index in [1.807, 2.05) is 19.2 Å². The molecule has 2 aromatic rings. The lowest BCUT2D eigenvalue weighted by atomic mass is 10.2. The molecule has 0 fully saturated rings. The molecule has 0 saturated carbocycles. The lowest BCUT2D eigenvalue weighted by Crippen LogP contribution is -2.18. The van der Waals surface area contributed by atoms with Crippen molar-refractivity contribution in [2.45, 2.75) is 13.1 Å². The molecule has 1 aromatic carbocycles. The summed E-state index contributed by atoms with van der Waals surface area (Å²) in [7, 11) is 3.56. The molecule has 0 bridgehead atoms. The molecule has 0 radical (unpaired) electrons. The Bertz CT molecular complexity index is 614. The molecule has 0 spiro atoms. The van der Waals surface area contributed by atoms with Crippen molar-refractivity contribution < 1.29 is 9.66 Å². The summed E-state index contributed by atoms with van der Waals surface area (Å²) in [5, 5.41) is 10.6. The van der Waals surface area contributed by atoms with Crippen molar-refractivity contribution in [3.05, 3.63) is 63.8 Å². The average molecular weight is 287 g/mol. The van der Waals surface area contributed by atoms with Crippen LogP contribution in [0.5, 0.6) is 5.88 Å². The van der Waals surface area contributed by atoms with Crippen molar-refractivity contribution in [1.29, 1.82) is 0 Å². The van der Waals surface area contributed by atoms with Gasteiger partial charge in [-0.15, -0.1) is 0 Å². The van der Waals surface area contributed by atoms with Gasteiger partial charge in [0.05, 0.1) is 17.7 Å². The van der Waals surface area contributed by atoms with Gasteiger partial charge in [0.1, 0.15) is 0 Å². The number of nitrogens with zero attached hydrogens (tertiary/aromatic N) is 3.